The number of hydrogen-bond donors (Lipinski definition) is 2. The lowest BCUT2D eigenvalue weighted by Crippen LogP contribution is -2.42. The third kappa shape index (κ3) is 5.07. The van der Waals surface area contributed by atoms with Gasteiger partial charge in [0.2, 0.25) is 0 Å². The highest BCUT2D eigenvalue weighted by molar-refractivity contribution is 6.08. The SMILES string of the molecule is CCCCn1c(N)c(N(CCC(C)C)C(=O)c2ccccc2OC)c(=O)[nH]c1=O. The number of amides is 1. The molecular formula is C21H30N4O4. The Morgan fingerprint density at radius 2 is 1.97 bits per heavy atom. The summed E-state index contributed by atoms with van der Waals surface area (Å²) < 4.78 is 6.63. The number of aromatic amines is 1. The third-order valence-electron chi connectivity index (χ3n) is 4.73. The van der Waals surface area contributed by atoms with Crippen LogP contribution in [0.25, 0.3) is 0 Å². The number of aromatic nitrogens is 2. The van der Waals surface area contributed by atoms with Gasteiger partial charge in [0.15, 0.2) is 5.69 Å². The van der Waals surface area contributed by atoms with Crippen molar-refractivity contribution in [2.45, 2.75) is 46.6 Å². The molecule has 0 atom stereocenters. The average molecular weight is 402 g/mol. The van der Waals surface area contributed by atoms with Crippen LogP contribution < -0.4 is 26.6 Å². The van der Waals surface area contributed by atoms with Crippen molar-refractivity contribution in [3.8, 4) is 5.75 Å². The van der Waals surface area contributed by atoms with Gasteiger partial charge in [-0.3, -0.25) is 19.1 Å². The van der Waals surface area contributed by atoms with Crippen LogP contribution in [0.4, 0.5) is 11.5 Å². The van der Waals surface area contributed by atoms with E-state index in [1.165, 1.54) is 16.6 Å². The first kappa shape index (κ1) is 22.3. The predicted molar refractivity (Wildman–Crippen MR) is 115 cm³/mol. The molecule has 0 bridgehead atoms. The van der Waals surface area contributed by atoms with Crippen molar-refractivity contribution in [2.24, 2.45) is 5.92 Å². The van der Waals surface area contributed by atoms with E-state index in [1.54, 1.807) is 24.3 Å². The molecule has 8 nitrogen and oxygen atoms in total. The van der Waals surface area contributed by atoms with Crippen LogP contribution in [0.5, 0.6) is 5.75 Å². The van der Waals surface area contributed by atoms with Crippen molar-refractivity contribution >= 4 is 17.4 Å². The Labute approximate surface area is 170 Å². The Bertz CT molecular complexity index is 962. The van der Waals surface area contributed by atoms with E-state index in [2.05, 4.69) is 4.98 Å². The summed E-state index contributed by atoms with van der Waals surface area (Å²) in [6, 6.07) is 6.82. The molecule has 2 aromatic rings. The van der Waals surface area contributed by atoms with E-state index in [1.807, 2.05) is 20.8 Å². The van der Waals surface area contributed by atoms with E-state index < -0.39 is 17.2 Å². The number of unbranched alkanes of at least 4 members (excludes halogenated alkanes) is 1. The van der Waals surface area contributed by atoms with Gasteiger partial charge in [-0.25, -0.2) is 4.79 Å². The summed E-state index contributed by atoms with van der Waals surface area (Å²) in [5.74, 6) is 0.302. The van der Waals surface area contributed by atoms with Gasteiger partial charge in [0.1, 0.15) is 11.6 Å². The van der Waals surface area contributed by atoms with Crippen LogP contribution >= 0.6 is 0 Å². The maximum absolute atomic E-state index is 13.4. The maximum atomic E-state index is 13.4. The zero-order valence-electron chi connectivity index (χ0n) is 17.5. The van der Waals surface area contributed by atoms with Crippen molar-refractivity contribution in [3.63, 3.8) is 0 Å². The first-order chi connectivity index (χ1) is 13.8. The minimum absolute atomic E-state index is 0.000737. The average Bonchev–Trinajstić information content (AvgIpc) is 2.69. The van der Waals surface area contributed by atoms with Gasteiger partial charge in [0, 0.05) is 13.1 Å². The molecule has 1 amide bonds. The molecule has 0 spiro atoms. The minimum Gasteiger partial charge on any atom is -0.496 e. The fourth-order valence-corrected chi connectivity index (χ4v) is 3.05. The van der Waals surface area contributed by atoms with Crippen LogP contribution in [0.3, 0.4) is 0 Å². The molecule has 2 rings (SSSR count). The number of ether oxygens (including phenoxy) is 1. The van der Waals surface area contributed by atoms with E-state index in [0.29, 0.717) is 30.2 Å². The van der Waals surface area contributed by atoms with Crippen LogP contribution in [0.1, 0.15) is 50.4 Å². The summed E-state index contributed by atoms with van der Waals surface area (Å²) in [6.45, 7) is 6.70. The molecule has 1 aromatic carbocycles. The van der Waals surface area contributed by atoms with E-state index in [-0.39, 0.29) is 18.1 Å². The van der Waals surface area contributed by atoms with Gasteiger partial charge in [0.25, 0.3) is 11.5 Å². The highest BCUT2D eigenvalue weighted by atomic mass is 16.5. The van der Waals surface area contributed by atoms with Crippen molar-refractivity contribution in [1.29, 1.82) is 0 Å². The number of carbonyl (C=O) groups excluding carboxylic acids is 1. The molecule has 29 heavy (non-hydrogen) atoms. The molecule has 0 saturated heterocycles. The molecule has 0 saturated carbocycles. The second kappa shape index (κ2) is 9.95. The van der Waals surface area contributed by atoms with Gasteiger partial charge >= 0.3 is 5.69 Å². The largest absolute Gasteiger partial charge is 0.496 e. The summed E-state index contributed by atoms with van der Waals surface area (Å²) in [7, 11) is 1.48. The standard InChI is InChI=1S/C21H30N4O4/c1-5-6-12-25-18(22)17(19(26)23-21(25)28)24(13-11-14(2)3)20(27)15-9-7-8-10-16(15)29-4/h7-10,14H,5-6,11-13,22H2,1-4H3,(H,23,26,28). The van der Waals surface area contributed by atoms with Crippen molar-refractivity contribution in [1.82, 2.24) is 9.55 Å². The van der Waals surface area contributed by atoms with Crippen molar-refractivity contribution in [2.75, 3.05) is 24.3 Å². The Morgan fingerprint density at radius 1 is 1.28 bits per heavy atom. The van der Waals surface area contributed by atoms with Gasteiger partial charge < -0.3 is 15.4 Å². The number of nitrogens with two attached hydrogens (primary N) is 1. The molecule has 158 valence electrons. The number of carbonyl (C=O) groups is 1. The van der Waals surface area contributed by atoms with Gasteiger partial charge in [-0.1, -0.05) is 39.3 Å². The van der Waals surface area contributed by atoms with Gasteiger partial charge in [-0.2, -0.15) is 0 Å². The fourth-order valence-electron chi connectivity index (χ4n) is 3.05. The van der Waals surface area contributed by atoms with Crippen molar-refractivity contribution < 1.29 is 9.53 Å². The highest BCUT2D eigenvalue weighted by Gasteiger charge is 2.27. The number of anilines is 2. The molecule has 1 aromatic heterocycles. The second-order valence-corrected chi connectivity index (χ2v) is 7.34. The Balaban J connectivity index is 2.62. The summed E-state index contributed by atoms with van der Waals surface area (Å²) in [6.07, 6.45) is 2.24. The lowest BCUT2D eigenvalue weighted by molar-refractivity contribution is 0.0982. The number of nitrogen functional groups attached to an aromatic ring is 1. The predicted octanol–water partition coefficient (Wildman–Crippen LogP) is 2.62. The first-order valence-electron chi connectivity index (χ1n) is 9.89. The lowest BCUT2D eigenvalue weighted by atomic mass is 10.1. The highest BCUT2D eigenvalue weighted by Crippen LogP contribution is 2.25. The minimum atomic E-state index is -0.674. The molecule has 3 N–H and O–H groups in total. The molecule has 0 radical (unpaired) electrons. The number of nitrogens with one attached hydrogen (secondary N) is 1. The molecule has 8 heteroatoms. The molecule has 0 unspecified atom stereocenters. The molecule has 0 aliphatic carbocycles. The summed E-state index contributed by atoms with van der Waals surface area (Å²) in [5, 5.41) is 0. The number of hydrogen-bond acceptors (Lipinski definition) is 5. The van der Waals surface area contributed by atoms with Crippen molar-refractivity contribution in [3.05, 3.63) is 50.7 Å². The number of methoxy groups -OCH3 is 1. The van der Waals surface area contributed by atoms with E-state index in [9.17, 15) is 14.4 Å². The second-order valence-electron chi connectivity index (χ2n) is 7.34. The monoisotopic (exact) mass is 402 g/mol. The van der Waals surface area contributed by atoms with E-state index in [4.69, 9.17) is 10.5 Å². The number of nitrogens with zero attached hydrogens (tertiary/aromatic N) is 2. The zero-order valence-corrected chi connectivity index (χ0v) is 17.5. The first-order valence-corrected chi connectivity index (χ1v) is 9.89. The van der Waals surface area contributed by atoms with Gasteiger partial charge in [-0.15, -0.1) is 0 Å². The Kier molecular flexibility index (Phi) is 7.64. The smallest absolute Gasteiger partial charge is 0.330 e. The molecule has 1 heterocycles. The maximum Gasteiger partial charge on any atom is 0.330 e. The van der Waals surface area contributed by atoms with E-state index in [0.717, 1.165) is 12.8 Å². The van der Waals surface area contributed by atoms with Crippen LogP contribution in [-0.4, -0.2) is 29.1 Å². The fraction of sp³-hybridized carbons (Fsp3) is 0.476. The van der Waals surface area contributed by atoms with Crippen LogP contribution in [0, 0.1) is 5.92 Å². The van der Waals surface area contributed by atoms with E-state index >= 15 is 0 Å². The van der Waals surface area contributed by atoms with Crippen LogP contribution in [0.2, 0.25) is 0 Å². The number of benzene rings is 1. The molecular weight excluding hydrogens is 372 g/mol. The molecule has 0 fully saturated rings. The van der Waals surface area contributed by atoms with Gasteiger partial charge in [-0.05, 0) is 30.9 Å². The lowest BCUT2D eigenvalue weighted by Gasteiger charge is -2.26. The van der Waals surface area contributed by atoms with Crippen LogP contribution in [-0.2, 0) is 6.54 Å². The molecule has 0 aliphatic heterocycles. The summed E-state index contributed by atoms with van der Waals surface area (Å²) >= 11 is 0. The molecule has 0 aliphatic rings. The third-order valence-corrected chi connectivity index (χ3v) is 4.73. The quantitative estimate of drug-likeness (QED) is 0.670. The number of para-hydroxylation sites is 1. The number of H-pyrrole nitrogens is 1. The topological polar surface area (TPSA) is 110 Å². The van der Waals surface area contributed by atoms with Crippen LogP contribution in [0.15, 0.2) is 33.9 Å². The Morgan fingerprint density at radius 3 is 2.59 bits per heavy atom. The van der Waals surface area contributed by atoms with Gasteiger partial charge in [0.05, 0.1) is 12.7 Å². The zero-order chi connectivity index (χ0) is 21.6. The summed E-state index contributed by atoms with van der Waals surface area (Å²) in [4.78, 5) is 42.0. The number of rotatable bonds is 9. The summed E-state index contributed by atoms with van der Waals surface area (Å²) in [5.41, 5.74) is 5.31. The Hall–Kier alpha value is -3.03. The normalized spacial score (nSPS) is 10.9.